The lowest BCUT2D eigenvalue weighted by Gasteiger charge is -2.32. The van der Waals surface area contributed by atoms with E-state index >= 15 is 0 Å². The minimum Gasteiger partial charge on any atom is -0.398 e. The number of hydrogen-bond donors (Lipinski definition) is 1. The number of anilines is 1. The van der Waals surface area contributed by atoms with Crippen molar-refractivity contribution in [1.29, 1.82) is 0 Å². The highest BCUT2D eigenvalue weighted by molar-refractivity contribution is 7.89. The molecule has 6 heteroatoms. The average Bonchev–Trinajstić information content (AvgIpc) is 2.34. The molecular weight excluding hydrogens is 262 g/mol. The summed E-state index contributed by atoms with van der Waals surface area (Å²) in [7, 11) is -1.44. The van der Waals surface area contributed by atoms with Gasteiger partial charge < -0.3 is 10.6 Å². The molecule has 1 aliphatic heterocycles. The summed E-state index contributed by atoms with van der Waals surface area (Å²) in [6.45, 7) is 6.18. The van der Waals surface area contributed by atoms with Crippen LogP contribution in [-0.2, 0) is 10.0 Å². The van der Waals surface area contributed by atoms with Gasteiger partial charge in [0.2, 0.25) is 10.0 Å². The van der Waals surface area contributed by atoms with Gasteiger partial charge in [-0.2, -0.15) is 4.31 Å². The summed E-state index contributed by atoms with van der Waals surface area (Å²) in [6.07, 6.45) is 0. The van der Waals surface area contributed by atoms with Crippen LogP contribution in [0.25, 0.3) is 0 Å². The molecule has 0 atom stereocenters. The van der Waals surface area contributed by atoms with E-state index in [1.165, 1.54) is 0 Å². The van der Waals surface area contributed by atoms with E-state index < -0.39 is 10.0 Å². The number of nitrogens with two attached hydrogens (primary N) is 1. The maximum Gasteiger partial charge on any atom is 0.243 e. The Hall–Kier alpha value is -1.11. The summed E-state index contributed by atoms with van der Waals surface area (Å²) in [4.78, 5) is 2.50. The highest BCUT2D eigenvalue weighted by atomic mass is 32.2. The van der Waals surface area contributed by atoms with Crippen LogP contribution in [0.4, 0.5) is 5.69 Å². The first-order valence-corrected chi connectivity index (χ1v) is 7.82. The third-order valence-corrected chi connectivity index (χ3v) is 5.89. The molecule has 0 aliphatic carbocycles. The first-order chi connectivity index (χ1) is 8.84. The highest BCUT2D eigenvalue weighted by Gasteiger charge is 2.30. The van der Waals surface area contributed by atoms with Crippen LogP contribution in [0.3, 0.4) is 0 Å². The zero-order valence-electron chi connectivity index (χ0n) is 11.7. The Balaban J connectivity index is 2.43. The van der Waals surface area contributed by atoms with Crippen LogP contribution in [0.5, 0.6) is 0 Å². The molecule has 1 heterocycles. The Morgan fingerprint density at radius 1 is 1.11 bits per heavy atom. The van der Waals surface area contributed by atoms with E-state index in [9.17, 15) is 8.42 Å². The fourth-order valence-corrected chi connectivity index (χ4v) is 4.28. The Kier molecular flexibility index (Phi) is 3.85. The smallest absolute Gasteiger partial charge is 0.243 e. The van der Waals surface area contributed by atoms with E-state index in [2.05, 4.69) is 4.90 Å². The SMILES string of the molecule is Cc1ccc(N)c(C)c1S(=O)(=O)N1CCN(C)CC1. The van der Waals surface area contributed by atoms with E-state index in [1.807, 2.05) is 14.0 Å². The van der Waals surface area contributed by atoms with Crippen molar-refractivity contribution in [1.82, 2.24) is 9.21 Å². The van der Waals surface area contributed by atoms with Gasteiger partial charge in [-0.3, -0.25) is 0 Å². The van der Waals surface area contributed by atoms with Gasteiger partial charge in [-0.1, -0.05) is 6.07 Å². The average molecular weight is 283 g/mol. The van der Waals surface area contributed by atoms with Gasteiger partial charge in [0.25, 0.3) is 0 Å². The van der Waals surface area contributed by atoms with E-state index in [0.717, 1.165) is 18.7 Å². The Morgan fingerprint density at radius 3 is 2.26 bits per heavy atom. The molecule has 2 rings (SSSR count). The third-order valence-electron chi connectivity index (χ3n) is 3.70. The van der Waals surface area contributed by atoms with Crippen LogP contribution in [0.2, 0.25) is 0 Å². The van der Waals surface area contributed by atoms with Gasteiger partial charge in [0.05, 0.1) is 4.90 Å². The molecule has 0 radical (unpaired) electrons. The van der Waals surface area contributed by atoms with Crippen molar-refractivity contribution in [2.45, 2.75) is 18.7 Å². The second-order valence-corrected chi connectivity index (χ2v) is 7.01. The van der Waals surface area contributed by atoms with E-state index in [-0.39, 0.29) is 0 Å². The van der Waals surface area contributed by atoms with Gasteiger partial charge in [-0.15, -0.1) is 0 Å². The lowest BCUT2D eigenvalue weighted by atomic mass is 10.1. The summed E-state index contributed by atoms with van der Waals surface area (Å²) in [5, 5.41) is 0. The van der Waals surface area contributed by atoms with E-state index in [1.54, 1.807) is 23.4 Å². The molecule has 0 amide bonds. The number of nitrogens with zero attached hydrogens (tertiary/aromatic N) is 2. The number of hydrogen-bond acceptors (Lipinski definition) is 4. The van der Waals surface area contributed by atoms with Crippen LogP contribution in [0.15, 0.2) is 17.0 Å². The second-order valence-electron chi connectivity index (χ2n) is 5.13. The van der Waals surface area contributed by atoms with Crippen molar-refractivity contribution in [3.63, 3.8) is 0 Å². The van der Waals surface area contributed by atoms with E-state index in [0.29, 0.717) is 29.2 Å². The fourth-order valence-electron chi connectivity index (χ4n) is 2.40. The lowest BCUT2D eigenvalue weighted by Crippen LogP contribution is -2.47. The number of aryl methyl sites for hydroxylation is 1. The van der Waals surface area contributed by atoms with Crippen molar-refractivity contribution < 1.29 is 8.42 Å². The number of sulfonamides is 1. The quantitative estimate of drug-likeness (QED) is 0.816. The van der Waals surface area contributed by atoms with Gasteiger partial charge in [0.1, 0.15) is 0 Å². The monoisotopic (exact) mass is 283 g/mol. The molecule has 1 saturated heterocycles. The molecular formula is C13H21N3O2S. The molecule has 1 aromatic rings. The van der Waals surface area contributed by atoms with Crippen molar-refractivity contribution in [3.05, 3.63) is 23.3 Å². The van der Waals surface area contributed by atoms with Crippen LogP contribution >= 0.6 is 0 Å². The molecule has 1 fully saturated rings. The number of nitrogen functional groups attached to an aromatic ring is 1. The molecule has 0 spiro atoms. The fraction of sp³-hybridized carbons (Fsp3) is 0.538. The number of rotatable bonds is 2. The summed E-state index contributed by atoms with van der Waals surface area (Å²) in [5.74, 6) is 0. The summed E-state index contributed by atoms with van der Waals surface area (Å²) >= 11 is 0. The largest absolute Gasteiger partial charge is 0.398 e. The Morgan fingerprint density at radius 2 is 1.68 bits per heavy atom. The molecule has 0 unspecified atom stereocenters. The maximum atomic E-state index is 12.7. The molecule has 2 N–H and O–H groups in total. The summed E-state index contributed by atoms with van der Waals surface area (Å²) in [5.41, 5.74) is 7.78. The molecule has 1 aliphatic rings. The minimum absolute atomic E-state index is 0.372. The predicted octanol–water partition coefficient (Wildman–Crippen LogP) is 0.822. The first-order valence-electron chi connectivity index (χ1n) is 6.38. The minimum atomic E-state index is -3.44. The highest BCUT2D eigenvalue weighted by Crippen LogP contribution is 2.28. The molecule has 106 valence electrons. The zero-order chi connectivity index (χ0) is 14.2. The van der Waals surface area contributed by atoms with Gasteiger partial charge in [-0.05, 0) is 38.1 Å². The van der Waals surface area contributed by atoms with Crippen LogP contribution < -0.4 is 5.73 Å². The second kappa shape index (κ2) is 5.11. The standard InChI is InChI=1S/C13H21N3O2S/c1-10-4-5-12(14)11(2)13(10)19(17,18)16-8-6-15(3)7-9-16/h4-5H,6-9,14H2,1-3H3. The topological polar surface area (TPSA) is 66.6 Å². The summed E-state index contributed by atoms with van der Waals surface area (Å²) in [6, 6.07) is 3.53. The number of piperazine rings is 1. The van der Waals surface area contributed by atoms with Gasteiger partial charge in [0, 0.05) is 31.9 Å². The Bertz CT molecular complexity index is 576. The third kappa shape index (κ3) is 2.61. The lowest BCUT2D eigenvalue weighted by molar-refractivity contribution is 0.222. The zero-order valence-corrected chi connectivity index (χ0v) is 12.5. The van der Waals surface area contributed by atoms with Crippen LogP contribution in [-0.4, -0.2) is 50.8 Å². The van der Waals surface area contributed by atoms with Crippen LogP contribution in [0.1, 0.15) is 11.1 Å². The molecule has 0 aromatic heterocycles. The molecule has 0 saturated carbocycles. The normalized spacial score (nSPS) is 18.7. The molecule has 19 heavy (non-hydrogen) atoms. The Labute approximate surface area is 115 Å². The first kappa shape index (κ1) is 14.3. The van der Waals surface area contributed by atoms with E-state index in [4.69, 9.17) is 5.73 Å². The number of likely N-dealkylation sites (N-methyl/N-ethyl adjacent to an activating group) is 1. The predicted molar refractivity (Wildman–Crippen MR) is 76.6 cm³/mol. The van der Waals surface area contributed by atoms with Crippen molar-refractivity contribution in [3.8, 4) is 0 Å². The van der Waals surface area contributed by atoms with Gasteiger partial charge in [-0.25, -0.2) is 8.42 Å². The van der Waals surface area contributed by atoms with Crippen molar-refractivity contribution in [2.75, 3.05) is 39.0 Å². The molecule has 0 bridgehead atoms. The molecule has 5 nitrogen and oxygen atoms in total. The van der Waals surface area contributed by atoms with Crippen molar-refractivity contribution in [2.24, 2.45) is 0 Å². The molecule has 1 aromatic carbocycles. The van der Waals surface area contributed by atoms with Crippen LogP contribution in [0, 0.1) is 13.8 Å². The summed E-state index contributed by atoms with van der Waals surface area (Å²) < 4.78 is 27.0. The number of benzene rings is 1. The van der Waals surface area contributed by atoms with Gasteiger partial charge >= 0.3 is 0 Å². The van der Waals surface area contributed by atoms with Gasteiger partial charge in [0.15, 0.2) is 0 Å². The maximum absolute atomic E-state index is 12.7. The van der Waals surface area contributed by atoms with Crippen molar-refractivity contribution >= 4 is 15.7 Å².